The van der Waals surface area contributed by atoms with Crippen molar-refractivity contribution in [1.82, 2.24) is 0 Å². The summed E-state index contributed by atoms with van der Waals surface area (Å²) in [5, 5.41) is 9.70. The number of allylic oxidation sites excluding steroid dienone is 20. The Balaban J connectivity index is 4.18. The van der Waals surface area contributed by atoms with Crippen LogP contribution in [0, 0.1) is 0 Å². The van der Waals surface area contributed by atoms with Crippen LogP contribution in [0.5, 0.6) is 0 Å². The summed E-state index contributed by atoms with van der Waals surface area (Å²) in [6.45, 7) is 4.56. The Hall–Kier alpha value is -4.31. The monoisotopic (exact) mass is 1070 g/mol. The summed E-state index contributed by atoms with van der Waals surface area (Å²) in [6, 6.07) is 0. The fourth-order valence-electron chi connectivity index (χ4n) is 8.09. The van der Waals surface area contributed by atoms with Gasteiger partial charge in [-0.1, -0.05) is 251 Å². The number of hydrogen-bond donors (Lipinski definition) is 1. The Morgan fingerprint density at radius 1 is 0.390 bits per heavy atom. The maximum atomic E-state index is 12.8. The molecule has 0 aliphatic heterocycles. The van der Waals surface area contributed by atoms with Gasteiger partial charge >= 0.3 is 17.9 Å². The minimum atomic E-state index is -1.54. The van der Waals surface area contributed by atoms with Crippen LogP contribution in [0.1, 0.15) is 232 Å². The van der Waals surface area contributed by atoms with Gasteiger partial charge in [-0.25, -0.2) is 4.79 Å². The third kappa shape index (κ3) is 59.2. The molecule has 0 bridgehead atoms. The number of carboxylic acids is 1. The van der Waals surface area contributed by atoms with E-state index in [0.29, 0.717) is 17.4 Å². The van der Waals surface area contributed by atoms with Crippen LogP contribution >= 0.6 is 0 Å². The van der Waals surface area contributed by atoms with E-state index in [1.807, 2.05) is 33.3 Å². The van der Waals surface area contributed by atoms with Gasteiger partial charge in [0.2, 0.25) is 0 Å². The first-order chi connectivity index (χ1) is 37.6. The average molecular weight is 1070 g/mol. The summed E-state index contributed by atoms with van der Waals surface area (Å²) in [7, 11) is 5.94. The summed E-state index contributed by atoms with van der Waals surface area (Å²) in [5.41, 5.74) is 0. The summed E-state index contributed by atoms with van der Waals surface area (Å²) in [6.07, 6.45) is 78.9. The molecule has 438 valence electrons. The van der Waals surface area contributed by atoms with E-state index in [-0.39, 0.29) is 38.6 Å². The minimum Gasteiger partial charge on any atom is -0.477 e. The van der Waals surface area contributed by atoms with Gasteiger partial charge in [-0.15, -0.1) is 0 Å². The molecule has 0 aromatic rings. The highest BCUT2D eigenvalue weighted by Crippen LogP contribution is 2.16. The van der Waals surface area contributed by atoms with E-state index in [0.717, 1.165) is 83.5 Å². The van der Waals surface area contributed by atoms with Gasteiger partial charge in [0.15, 0.2) is 6.10 Å². The van der Waals surface area contributed by atoms with Gasteiger partial charge < -0.3 is 28.5 Å². The van der Waals surface area contributed by atoms with Crippen LogP contribution in [0.25, 0.3) is 0 Å². The molecule has 0 amide bonds. The van der Waals surface area contributed by atoms with Crippen LogP contribution in [-0.2, 0) is 33.3 Å². The SMILES string of the molecule is CC/C=C\C/C=C\C/C=C\C/C=C\C/C=C\C/C=C\CCC(=O)OC(COC(=O)CCCCCCCCCCCCCCCCCCCCCC/C=C\C/C=C\C/C=C\C/C=C\CC)COC(OCC[N+](C)(C)C)C(=O)O. The highest BCUT2D eigenvalue weighted by Gasteiger charge is 2.25. The molecular formula is C68H114NO8+. The van der Waals surface area contributed by atoms with Crippen molar-refractivity contribution in [3.8, 4) is 0 Å². The number of ether oxygens (including phenoxy) is 4. The van der Waals surface area contributed by atoms with E-state index in [4.69, 9.17) is 18.9 Å². The van der Waals surface area contributed by atoms with Gasteiger partial charge in [-0.05, 0) is 89.9 Å². The Morgan fingerprint density at radius 3 is 1.09 bits per heavy atom. The lowest BCUT2D eigenvalue weighted by Crippen LogP contribution is -2.40. The molecule has 9 nitrogen and oxygen atoms in total. The molecule has 0 saturated heterocycles. The number of unbranched alkanes of at least 4 members (excludes halogenated alkanes) is 20. The van der Waals surface area contributed by atoms with Crippen molar-refractivity contribution in [1.29, 1.82) is 0 Å². The number of carbonyl (C=O) groups is 3. The van der Waals surface area contributed by atoms with Crippen molar-refractivity contribution in [2.24, 2.45) is 0 Å². The Labute approximate surface area is 472 Å². The van der Waals surface area contributed by atoms with Gasteiger partial charge in [-0.2, -0.15) is 0 Å². The summed E-state index contributed by atoms with van der Waals surface area (Å²) >= 11 is 0. The Kier molecular flexibility index (Phi) is 54.6. The normalized spacial score (nSPS) is 13.6. The molecule has 0 fully saturated rings. The summed E-state index contributed by atoms with van der Waals surface area (Å²) in [5.74, 6) is -2.12. The lowest BCUT2D eigenvalue weighted by Gasteiger charge is -2.25. The van der Waals surface area contributed by atoms with Crippen molar-refractivity contribution in [2.45, 2.75) is 245 Å². The predicted octanol–water partition coefficient (Wildman–Crippen LogP) is 18.5. The highest BCUT2D eigenvalue weighted by atomic mass is 16.7. The number of likely N-dealkylation sites (N-methyl/N-ethyl adjacent to an activating group) is 1. The molecule has 77 heavy (non-hydrogen) atoms. The number of carbonyl (C=O) groups excluding carboxylic acids is 2. The van der Waals surface area contributed by atoms with E-state index >= 15 is 0 Å². The van der Waals surface area contributed by atoms with Crippen molar-refractivity contribution in [2.75, 3.05) is 47.5 Å². The second kappa shape index (κ2) is 57.9. The van der Waals surface area contributed by atoms with Crippen molar-refractivity contribution >= 4 is 17.9 Å². The molecule has 0 rings (SSSR count). The third-order valence-electron chi connectivity index (χ3n) is 12.7. The number of nitrogens with zero attached hydrogens (tertiary/aromatic N) is 1. The number of rotatable bonds is 55. The second-order valence-electron chi connectivity index (χ2n) is 21.2. The number of carboxylic acid groups (broad SMARTS) is 1. The predicted molar refractivity (Wildman–Crippen MR) is 327 cm³/mol. The van der Waals surface area contributed by atoms with Gasteiger partial charge in [0.1, 0.15) is 13.2 Å². The van der Waals surface area contributed by atoms with Crippen LogP contribution in [0.2, 0.25) is 0 Å². The number of hydrogen-bond acceptors (Lipinski definition) is 7. The summed E-state index contributed by atoms with van der Waals surface area (Å²) < 4.78 is 22.8. The van der Waals surface area contributed by atoms with Crippen LogP contribution < -0.4 is 0 Å². The molecule has 9 heteroatoms. The largest absolute Gasteiger partial charge is 0.477 e. The molecule has 1 N–H and O–H groups in total. The fourth-order valence-corrected chi connectivity index (χ4v) is 8.09. The molecular weight excluding hydrogens is 959 g/mol. The maximum Gasteiger partial charge on any atom is 0.361 e. The highest BCUT2D eigenvalue weighted by molar-refractivity contribution is 5.71. The number of esters is 2. The molecule has 2 atom stereocenters. The van der Waals surface area contributed by atoms with Gasteiger partial charge in [-0.3, -0.25) is 9.59 Å². The zero-order valence-corrected chi connectivity index (χ0v) is 49.8. The first-order valence-electron chi connectivity index (χ1n) is 30.7. The quantitative estimate of drug-likeness (QED) is 0.0211. The molecule has 0 spiro atoms. The first kappa shape index (κ1) is 72.7. The van der Waals surface area contributed by atoms with Crippen LogP contribution in [0.15, 0.2) is 122 Å². The zero-order valence-electron chi connectivity index (χ0n) is 49.8. The fraction of sp³-hybridized carbons (Fsp3) is 0.662. The molecule has 0 aromatic carbocycles. The van der Waals surface area contributed by atoms with Gasteiger partial charge in [0.25, 0.3) is 6.29 Å². The van der Waals surface area contributed by atoms with E-state index in [2.05, 4.69) is 123 Å². The van der Waals surface area contributed by atoms with Crippen LogP contribution in [0.3, 0.4) is 0 Å². The van der Waals surface area contributed by atoms with Crippen molar-refractivity contribution < 1.29 is 42.9 Å². The molecule has 0 aliphatic carbocycles. The lowest BCUT2D eigenvalue weighted by molar-refractivity contribution is -0.870. The molecule has 2 unspecified atom stereocenters. The van der Waals surface area contributed by atoms with Crippen molar-refractivity contribution in [3.05, 3.63) is 122 Å². The van der Waals surface area contributed by atoms with E-state index in [9.17, 15) is 19.5 Å². The van der Waals surface area contributed by atoms with E-state index < -0.39 is 24.3 Å². The average Bonchev–Trinajstić information content (AvgIpc) is 3.40. The number of aliphatic carboxylic acids is 1. The molecule has 0 aliphatic rings. The minimum absolute atomic E-state index is 0.130. The number of quaternary nitrogens is 1. The topological polar surface area (TPSA) is 108 Å². The smallest absolute Gasteiger partial charge is 0.361 e. The van der Waals surface area contributed by atoms with E-state index in [1.54, 1.807) is 0 Å². The first-order valence-corrected chi connectivity index (χ1v) is 30.7. The zero-order chi connectivity index (χ0) is 56.2. The second-order valence-corrected chi connectivity index (χ2v) is 21.2. The summed E-state index contributed by atoms with van der Waals surface area (Å²) in [4.78, 5) is 37.4. The van der Waals surface area contributed by atoms with Crippen molar-refractivity contribution in [3.63, 3.8) is 0 Å². The van der Waals surface area contributed by atoms with Crippen LogP contribution in [0.4, 0.5) is 0 Å². The maximum absolute atomic E-state index is 12.8. The van der Waals surface area contributed by atoms with Gasteiger partial charge in [0, 0.05) is 12.8 Å². The molecule has 0 saturated carbocycles. The standard InChI is InChI=1S/C68H113NO8/c1-6-8-10-12-14-16-18-20-22-24-26-27-28-29-30-31-32-33-34-35-36-37-38-39-41-42-44-46-48-50-52-54-56-58-65(70)75-62-64(63-76-68(67(72)73)74-61-60-69(3,4)5)77-66(71)59-57-55-53-51-49-47-45-43-40-25-23-21-19-17-15-13-11-9-7-2/h8-11,14-17,20-23,26-27,40,43,47,49,53,55,64,68H,6-7,12-13,18-19,24-25,28-39,41-42,44-46,48,50-52,54,56-63H2,1-5H3/p+1/b10-8-,11-9-,16-14-,17-15-,22-20-,23-21-,27-26-,43-40-,49-47-,55-53-. The molecule has 0 heterocycles. The van der Waals surface area contributed by atoms with Gasteiger partial charge in [0.05, 0.1) is 34.4 Å². The Bertz CT molecular complexity index is 1670. The third-order valence-corrected chi connectivity index (χ3v) is 12.7. The van der Waals surface area contributed by atoms with E-state index in [1.165, 1.54) is 116 Å². The van der Waals surface area contributed by atoms with Crippen LogP contribution in [-0.4, -0.2) is 87.4 Å². The lowest BCUT2D eigenvalue weighted by atomic mass is 10.0. The molecule has 0 radical (unpaired) electrons. The Morgan fingerprint density at radius 2 is 0.727 bits per heavy atom. The molecule has 0 aromatic heterocycles.